The van der Waals surface area contributed by atoms with Crippen molar-refractivity contribution in [3.63, 3.8) is 0 Å². The molecule has 0 spiro atoms. The first-order chi connectivity index (χ1) is 17.9. The number of carbonyl (C=O) groups excluding carboxylic acids is 1. The van der Waals surface area contributed by atoms with Crippen molar-refractivity contribution in [1.82, 2.24) is 36.2 Å². The molecule has 2 heterocycles. The molecule has 0 fully saturated rings. The van der Waals surface area contributed by atoms with Crippen molar-refractivity contribution in [3.05, 3.63) is 78.1 Å². The van der Waals surface area contributed by atoms with Gasteiger partial charge in [-0.05, 0) is 65.3 Å². The summed E-state index contributed by atoms with van der Waals surface area (Å²) in [6.07, 6.45) is 3.62. The van der Waals surface area contributed by atoms with Gasteiger partial charge in [-0.2, -0.15) is 4.68 Å². The molecule has 12 nitrogen and oxygen atoms in total. The molecule has 0 bridgehead atoms. The number of allylic oxidation sites excluding steroid dienone is 1. The van der Waals surface area contributed by atoms with E-state index in [1.165, 1.54) is 4.68 Å². The molecule has 37 heavy (non-hydrogen) atoms. The van der Waals surface area contributed by atoms with E-state index in [1.807, 2.05) is 56.3 Å². The molecular weight excluding hydrogens is 474 g/mol. The van der Waals surface area contributed by atoms with Crippen LogP contribution in [0.5, 0.6) is 5.75 Å². The Labute approximate surface area is 213 Å². The Kier molecular flexibility index (Phi) is 7.48. The number of amides is 1. The highest BCUT2D eigenvalue weighted by molar-refractivity contribution is 5.98. The minimum Gasteiger partial charge on any atom is -0.494 e. The van der Waals surface area contributed by atoms with E-state index in [9.17, 15) is 4.79 Å². The number of nitrogen functional groups attached to an aromatic ring is 1. The van der Waals surface area contributed by atoms with Crippen molar-refractivity contribution in [2.45, 2.75) is 6.92 Å². The number of nitrogens with two attached hydrogens (primary N) is 1. The minimum absolute atomic E-state index is 0.000649. The Balaban J connectivity index is 1.52. The molecule has 0 radical (unpaired) electrons. The largest absolute Gasteiger partial charge is 0.494 e. The second-order valence-corrected chi connectivity index (χ2v) is 8.05. The molecule has 0 aliphatic heterocycles. The normalized spacial score (nSPS) is 10.9. The van der Waals surface area contributed by atoms with Crippen molar-refractivity contribution in [2.24, 2.45) is 0 Å². The lowest BCUT2D eigenvalue weighted by molar-refractivity contribution is 0.0935. The second-order valence-electron chi connectivity index (χ2n) is 8.05. The van der Waals surface area contributed by atoms with Gasteiger partial charge in [0.1, 0.15) is 11.4 Å². The number of benzene rings is 2. The van der Waals surface area contributed by atoms with Crippen LogP contribution in [0.25, 0.3) is 23.2 Å². The maximum atomic E-state index is 13.1. The van der Waals surface area contributed by atoms with Crippen LogP contribution in [-0.2, 0) is 0 Å². The van der Waals surface area contributed by atoms with E-state index in [1.54, 1.807) is 30.3 Å². The second kappa shape index (κ2) is 11.1. The number of nitrogens with zero attached hydrogens (tertiary/aromatic N) is 6. The van der Waals surface area contributed by atoms with Crippen LogP contribution in [0.1, 0.15) is 23.0 Å². The first kappa shape index (κ1) is 25.0. The van der Waals surface area contributed by atoms with Crippen LogP contribution in [0.15, 0.2) is 71.5 Å². The molecule has 0 saturated heterocycles. The number of hydrogen-bond donors (Lipinski definition) is 3. The van der Waals surface area contributed by atoms with Crippen molar-refractivity contribution in [3.8, 4) is 22.8 Å². The minimum atomic E-state index is -0.546. The molecule has 4 N–H and O–H groups in total. The van der Waals surface area contributed by atoms with E-state index in [0.29, 0.717) is 29.3 Å². The van der Waals surface area contributed by atoms with Crippen LogP contribution < -0.4 is 26.2 Å². The van der Waals surface area contributed by atoms with Gasteiger partial charge in [-0.15, -0.1) is 5.10 Å². The molecular formula is C25H27N9O3. The van der Waals surface area contributed by atoms with Crippen LogP contribution in [0, 0.1) is 0 Å². The molecule has 0 unspecified atom stereocenters. The third-order valence-corrected chi connectivity index (χ3v) is 5.24. The van der Waals surface area contributed by atoms with Gasteiger partial charge >= 0.3 is 0 Å². The van der Waals surface area contributed by atoms with Crippen LogP contribution in [-0.4, -0.2) is 51.9 Å². The molecule has 2 aromatic heterocycles. The van der Waals surface area contributed by atoms with Gasteiger partial charge in [0.05, 0.1) is 6.61 Å². The van der Waals surface area contributed by atoms with Crippen molar-refractivity contribution in [2.75, 3.05) is 31.3 Å². The highest BCUT2D eigenvalue weighted by Crippen LogP contribution is 2.28. The standard InChI is InChI=1S/C25H27N9O3/c1-5-36-20-14-10-18(11-15-20)22-21(28-32-34(22)24-23(26)30-37-31-24)25(35)29-27-16(2)6-7-17-8-12-19(13-9-17)33(3)4/h6-15,27H,2,5H2,1,3-4H3,(H2,26,30)(H,29,35). The van der Waals surface area contributed by atoms with E-state index in [-0.39, 0.29) is 17.3 Å². The Morgan fingerprint density at radius 1 is 1.14 bits per heavy atom. The molecule has 0 aliphatic carbocycles. The Hall–Kier alpha value is -5.13. The molecule has 1 amide bonds. The summed E-state index contributed by atoms with van der Waals surface area (Å²) >= 11 is 0. The summed E-state index contributed by atoms with van der Waals surface area (Å²) in [5.41, 5.74) is 14.8. The number of rotatable bonds is 10. The Morgan fingerprint density at radius 2 is 1.86 bits per heavy atom. The molecule has 0 aliphatic rings. The fourth-order valence-electron chi connectivity index (χ4n) is 3.37. The predicted molar refractivity (Wildman–Crippen MR) is 140 cm³/mol. The van der Waals surface area contributed by atoms with Gasteiger partial charge in [-0.1, -0.05) is 30.0 Å². The smallest absolute Gasteiger partial charge is 0.292 e. The lowest BCUT2D eigenvalue weighted by Crippen LogP contribution is -2.36. The highest BCUT2D eigenvalue weighted by Gasteiger charge is 2.25. The molecule has 4 aromatic rings. The molecule has 0 atom stereocenters. The summed E-state index contributed by atoms with van der Waals surface area (Å²) in [5.74, 6) is 0.241. The van der Waals surface area contributed by atoms with Crippen molar-refractivity contribution in [1.29, 1.82) is 0 Å². The average molecular weight is 502 g/mol. The molecule has 12 heteroatoms. The summed E-state index contributed by atoms with van der Waals surface area (Å²) in [6.45, 7) is 6.35. The van der Waals surface area contributed by atoms with Gasteiger partial charge in [0.15, 0.2) is 5.69 Å². The maximum absolute atomic E-state index is 13.1. The van der Waals surface area contributed by atoms with E-state index < -0.39 is 5.91 Å². The molecule has 2 aromatic carbocycles. The summed E-state index contributed by atoms with van der Waals surface area (Å²) in [7, 11) is 3.97. The van der Waals surface area contributed by atoms with Gasteiger partial charge in [-0.25, -0.2) is 4.63 Å². The van der Waals surface area contributed by atoms with E-state index in [4.69, 9.17) is 15.1 Å². The predicted octanol–water partition coefficient (Wildman–Crippen LogP) is 2.83. The van der Waals surface area contributed by atoms with Crippen LogP contribution in [0.4, 0.5) is 11.5 Å². The van der Waals surface area contributed by atoms with Crippen molar-refractivity contribution < 1.29 is 14.2 Å². The number of anilines is 2. The topological polar surface area (TPSA) is 149 Å². The average Bonchev–Trinajstić information content (AvgIpc) is 3.53. The number of ether oxygens (including phenoxy) is 1. The fraction of sp³-hybridized carbons (Fsp3) is 0.160. The SMILES string of the molecule is C=C(C=Cc1ccc(N(C)C)cc1)NNC(=O)c1nnn(-c2nonc2N)c1-c1ccc(OCC)cc1. The number of hydrogen-bond acceptors (Lipinski definition) is 10. The molecule has 190 valence electrons. The van der Waals surface area contributed by atoms with Gasteiger partial charge in [0.2, 0.25) is 11.6 Å². The molecule has 4 rings (SSSR count). The summed E-state index contributed by atoms with van der Waals surface area (Å²) in [4.78, 5) is 15.1. The first-order valence-electron chi connectivity index (χ1n) is 11.4. The quantitative estimate of drug-likeness (QED) is 0.219. The Morgan fingerprint density at radius 3 is 2.49 bits per heavy atom. The number of aromatic nitrogens is 5. The van der Waals surface area contributed by atoms with E-state index in [0.717, 1.165) is 11.3 Å². The highest BCUT2D eigenvalue weighted by atomic mass is 16.6. The number of carbonyl (C=O) groups is 1. The van der Waals surface area contributed by atoms with Gasteiger partial charge < -0.3 is 15.4 Å². The Bertz CT molecular complexity index is 1400. The third-order valence-electron chi connectivity index (χ3n) is 5.24. The van der Waals surface area contributed by atoms with Crippen LogP contribution in [0.2, 0.25) is 0 Å². The monoisotopic (exact) mass is 501 g/mol. The van der Waals surface area contributed by atoms with Gasteiger partial charge in [0.25, 0.3) is 5.91 Å². The zero-order valence-electron chi connectivity index (χ0n) is 20.7. The van der Waals surface area contributed by atoms with Crippen molar-refractivity contribution >= 4 is 23.5 Å². The van der Waals surface area contributed by atoms with Crippen LogP contribution in [0.3, 0.4) is 0 Å². The third kappa shape index (κ3) is 5.75. The van der Waals surface area contributed by atoms with Gasteiger partial charge in [0, 0.05) is 31.0 Å². The van der Waals surface area contributed by atoms with Gasteiger partial charge in [-0.3, -0.25) is 15.6 Å². The summed E-state index contributed by atoms with van der Waals surface area (Å²) < 4.78 is 11.5. The maximum Gasteiger partial charge on any atom is 0.292 e. The number of nitrogens with one attached hydrogen (secondary N) is 2. The van der Waals surface area contributed by atoms with E-state index >= 15 is 0 Å². The van der Waals surface area contributed by atoms with Crippen LogP contribution >= 0.6 is 0 Å². The fourth-order valence-corrected chi connectivity index (χ4v) is 3.37. The first-order valence-corrected chi connectivity index (χ1v) is 11.4. The zero-order valence-corrected chi connectivity index (χ0v) is 20.7. The number of hydrazine groups is 1. The summed E-state index contributed by atoms with van der Waals surface area (Å²) in [6, 6.07) is 15.1. The zero-order chi connectivity index (χ0) is 26.4. The molecule has 0 saturated carbocycles. The van der Waals surface area contributed by atoms with E-state index in [2.05, 4.69) is 38.1 Å². The lowest BCUT2D eigenvalue weighted by Gasteiger charge is -2.12. The summed E-state index contributed by atoms with van der Waals surface area (Å²) in [5, 5.41) is 15.5. The lowest BCUT2D eigenvalue weighted by atomic mass is 10.1.